The average molecular weight is 510 g/mol. The van der Waals surface area contributed by atoms with E-state index in [4.69, 9.17) is 0 Å². The Bertz CT molecular complexity index is 701. The van der Waals surface area contributed by atoms with Crippen molar-refractivity contribution >= 4 is 22.8 Å². The topological polar surface area (TPSA) is 37.3 Å². The summed E-state index contributed by atoms with van der Waals surface area (Å²) in [7, 11) is 0. The summed E-state index contributed by atoms with van der Waals surface area (Å²) in [6.07, 6.45) is 17.1. The lowest BCUT2D eigenvalue weighted by Crippen LogP contribution is -2.50. The lowest BCUT2D eigenvalue weighted by Gasteiger charge is -2.58. The first-order valence-corrected chi connectivity index (χ1v) is 13.5. The summed E-state index contributed by atoms with van der Waals surface area (Å²) in [5, 5.41) is 10.2. The lowest BCUT2D eigenvalue weighted by atomic mass is 9.47. The van der Waals surface area contributed by atoms with Crippen LogP contribution in [-0.4, -0.2) is 17.0 Å². The highest BCUT2D eigenvalue weighted by atomic mass is 79.9. The molecule has 0 spiro atoms. The fourth-order valence-corrected chi connectivity index (χ4v) is 9.20. The zero-order valence-corrected chi connectivity index (χ0v) is 23.1. The molecule has 0 saturated heterocycles. The maximum absolute atomic E-state index is 11.4. The third-order valence-electron chi connectivity index (χ3n) is 10.8. The molecular formula is C29H49BrO2. The second kappa shape index (κ2) is 10.2. The van der Waals surface area contributed by atoms with Crippen LogP contribution in [0.3, 0.4) is 0 Å². The molecule has 184 valence electrons. The molecule has 32 heavy (non-hydrogen) atoms. The Labute approximate surface area is 208 Å². The molecule has 0 bridgehead atoms. The van der Waals surface area contributed by atoms with Gasteiger partial charge in [0.1, 0.15) is 5.78 Å². The third kappa shape index (κ3) is 4.81. The number of rotatable bonds is 7. The number of hydrogen-bond acceptors (Lipinski definition) is 2. The SMILES string of the molecule is Br.CC(=O)CC(C)CCCC(C)[C@H]1CC[C@H]2[C@@H]3CC=C4C[C@@H](O)CC[C@]4(C)[C@H]3CC[C@]12C. The van der Waals surface area contributed by atoms with Gasteiger partial charge in [0.2, 0.25) is 0 Å². The summed E-state index contributed by atoms with van der Waals surface area (Å²) in [4.78, 5) is 11.4. The molecule has 4 rings (SSSR count). The van der Waals surface area contributed by atoms with Gasteiger partial charge in [0.15, 0.2) is 0 Å². The van der Waals surface area contributed by atoms with E-state index in [0.29, 0.717) is 22.5 Å². The summed E-state index contributed by atoms with van der Waals surface area (Å²) < 4.78 is 0. The van der Waals surface area contributed by atoms with Crippen molar-refractivity contribution in [3.8, 4) is 0 Å². The number of hydrogen-bond donors (Lipinski definition) is 1. The van der Waals surface area contributed by atoms with E-state index >= 15 is 0 Å². The number of fused-ring (bicyclic) bond motifs is 5. The monoisotopic (exact) mass is 508 g/mol. The van der Waals surface area contributed by atoms with Gasteiger partial charge >= 0.3 is 0 Å². The number of allylic oxidation sites excluding steroid dienone is 1. The van der Waals surface area contributed by atoms with Crippen LogP contribution in [0.25, 0.3) is 0 Å². The van der Waals surface area contributed by atoms with Gasteiger partial charge in [0.05, 0.1) is 6.10 Å². The fourth-order valence-electron chi connectivity index (χ4n) is 9.20. The molecule has 4 aliphatic carbocycles. The van der Waals surface area contributed by atoms with E-state index in [-0.39, 0.29) is 23.1 Å². The number of aliphatic hydroxyl groups is 1. The molecule has 0 radical (unpaired) electrons. The van der Waals surface area contributed by atoms with Crippen molar-refractivity contribution in [3.05, 3.63) is 11.6 Å². The number of carbonyl (C=O) groups excluding carboxylic acids is 1. The number of aliphatic hydroxyl groups excluding tert-OH is 1. The Morgan fingerprint density at radius 2 is 1.84 bits per heavy atom. The minimum Gasteiger partial charge on any atom is -0.393 e. The molecule has 2 unspecified atom stereocenters. The maximum Gasteiger partial charge on any atom is 0.130 e. The van der Waals surface area contributed by atoms with Gasteiger partial charge in [-0.2, -0.15) is 0 Å². The normalized spacial score (nSPS) is 42.6. The molecule has 0 aromatic rings. The largest absolute Gasteiger partial charge is 0.393 e. The second-order valence-electron chi connectivity index (χ2n) is 12.8. The molecule has 1 N–H and O–H groups in total. The Kier molecular flexibility index (Phi) is 8.45. The van der Waals surface area contributed by atoms with Crippen LogP contribution in [0.4, 0.5) is 0 Å². The van der Waals surface area contributed by atoms with Gasteiger partial charge < -0.3 is 9.90 Å². The molecule has 4 aliphatic rings. The lowest BCUT2D eigenvalue weighted by molar-refractivity contribution is -0.117. The quantitative estimate of drug-likeness (QED) is 0.354. The number of carbonyl (C=O) groups is 1. The van der Waals surface area contributed by atoms with Gasteiger partial charge in [-0.25, -0.2) is 0 Å². The summed E-state index contributed by atoms with van der Waals surface area (Å²) in [6, 6.07) is 0. The van der Waals surface area contributed by atoms with Crippen molar-refractivity contribution in [2.45, 2.75) is 118 Å². The molecule has 0 aromatic heterocycles. The molecule has 0 aromatic carbocycles. The Hall–Kier alpha value is -0.150. The zero-order chi connectivity index (χ0) is 22.4. The van der Waals surface area contributed by atoms with Gasteiger partial charge in [-0.15, -0.1) is 17.0 Å². The number of Topliss-reactive ketones (excluding diaryl/α,β-unsaturated/α-hetero) is 1. The van der Waals surface area contributed by atoms with E-state index in [9.17, 15) is 9.90 Å². The van der Waals surface area contributed by atoms with Crippen LogP contribution >= 0.6 is 17.0 Å². The molecular weight excluding hydrogens is 460 g/mol. The minimum atomic E-state index is -0.0976. The molecule has 2 nitrogen and oxygen atoms in total. The highest BCUT2D eigenvalue weighted by Gasteiger charge is 2.59. The highest BCUT2D eigenvalue weighted by molar-refractivity contribution is 8.93. The van der Waals surface area contributed by atoms with Gasteiger partial charge in [-0.1, -0.05) is 58.6 Å². The average Bonchev–Trinajstić information content (AvgIpc) is 3.05. The van der Waals surface area contributed by atoms with Crippen LogP contribution in [0.2, 0.25) is 0 Å². The van der Waals surface area contributed by atoms with Crippen LogP contribution in [0.15, 0.2) is 11.6 Å². The molecule has 3 fully saturated rings. The van der Waals surface area contributed by atoms with Crippen LogP contribution < -0.4 is 0 Å². The van der Waals surface area contributed by atoms with Crippen molar-refractivity contribution in [1.29, 1.82) is 0 Å². The van der Waals surface area contributed by atoms with Crippen LogP contribution in [0.1, 0.15) is 112 Å². The summed E-state index contributed by atoms with van der Waals surface area (Å²) in [5.74, 6) is 5.20. The molecule has 3 heteroatoms. The maximum atomic E-state index is 11.4. The summed E-state index contributed by atoms with van der Waals surface area (Å²) in [5.41, 5.74) is 2.49. The Balaban J connectivity index is 0.00000289. The van der Waals surface area contributed by atoms with E-state index in [0.717, 1.165) is 48.9 Å². The molecule has 9 atom stereocenters. The van der Waals surface area contributed by atoms with Crippen molar-refractivity contribution in [2.75, 3.05) is 0 Å². The smallest absolute Gasteiger partial charge is 0.130 e. The van der Waals surface area contributed by atoms with Crippen molar-refractivity contribution in [2.24, 2.45) is 46.3 Å². The Morgan fingerprint density at radius 3 is 2.56 bits per heavy atom. The fraction of sp³-hybridized carbons (Fsp3) is 0.897. The van der Waals surface area contributed by atoms with E-state index in [1.165, 1.54) is 57.8 Å². The molecule has 0 heterocycles. The van der Waals surface area contributed by atoms with Crippen molar-refractivity contribution in [3.63, 3.8) is 0 Å². The first-order chi connectivity index (χ1) is 14.6. The first kappa shape index (κ1) is 26.5. The van der Waals surface area contributed by atoms with Gasteiger partial charge in [0.25, 0.3) is 0 Å². The van der Waals surface area contributed by atoms with Gasteiger partial charge in [-0.3, -0.25) is 0 Å². The van der Waals surface area contributed by atoms with E-state index in [1.54, 1.807) is 12.5 Å². The van der Waals surface area contributed by atoms with E-state index in [1.807, 2.05) is 0 Å². The van der Waals surface area contributed by atoms with Crippen molar-refractivity contribution in [1.82, 2.24) is 0 Å². The summed E-state index contributed by atoms with van der Waals surface area (Å²) >= 11 is 0. The zero-order valence-electron chi connectivity index (χ0n) is 21.4. The van der Waals surface area contributed by atoms with Gasteiger partial charge in [0, 0.05) is 6.42 Å². The van der Waals surface area contributed by atoms with E-state index < -0.39 is 0 Å². The minimum absolute atomic E-state index is 0. The molecule has 3 saturated carbocycles. The van der Waals surface area contributed by atoms with Crippen LogP contribution in [0, 0.1) is 46.3 Å². The second-order valence-corrected chi connectivity index (χ2v) is 12.8. The molecule has 0 amide bonds. The third-order valence-corrected chi connectivity index (χ3v) is 10.8. The predicted octanol–water partition coefficient (Wildman–Crippen LogP) is 7.93. The van der Waals surface area contributed by atoms with Crippen LogP contribution in [0.5, 0.6) is 0 Å². The van der Waals surface area contributed by atoms with E-state index in [2.05, 4.69) is 33.8 Å². The van der Waals surface area contributed by atoms with Crippen LogP contribution in [-0.2, 0) is 4.79 Å². The first-order valence-electron chi connectivity index (χ1n) is 13.5. The Morgan fingerprint density at radius 1 is 1.09 bits per heavy atom. The van der Waals surface area contributed by atoms with Crippen molar-refractivity contribution < 1.29 is 9.90 Å². The number of halogens is 1. The van der Waals surface area contributed by atoms with Gasteiger partial charge in [-0.05, 0) is 105 Å². The molecule has 0 aliphatic heterocycles. The summed E-state index contributed by atoms with van der Waals surface area (Å²) in [6.45, 7) is 11.7. The number of ketones is 1. The highest BCUT2D eigenvalue weighted by Crippen LogP contribution is 2.67. The predicted molar refractivity (Wildman–Crippen MR) is 139 cm³/mol. The standard InChI is InChI=1S/C29H48O2.BrH/c1-19(17-21(3)30)7-6-8-20(2)25-11-12-26-24-10-9-22-18-23(31)13-15-28(22,4)27(24)14-16-29(25,26)5;/h9,19-20,23-27,31H,6-8,10-18H2,1-5H3;1H/t19?,20?,23-,24-,25+,26-,27-,28-,29+;/m0./s1.